The lowest BCUT2D eigenvalue weighted by Gasteiger charge is -2.12. The van der Waals surface area contributed by atoms with Crippen LogP contribution in [0.25, 0.3) is 11.5 Å². The zero-order chi connectivity index (χ0) is 20.3. The van der Waals surface area contributed by atoms with Crippen molar-refractivity contribution in [1.82, 2.24) is 10.1 Å². The van der Waals surface area contributed by atoms with Gasteiger partial charge < -0.3 is 14.6 Å². The number of hydrogen-bond acceptors (Lipinski definition) is 6. The number of carbonyl (C=O) groups is 2. The molecule has 0 saturated carbocycles. The Hall–Kier alpha value is -3.48. The number of esters is 1. The Bertz CT molecular complexity index is 1020. The maximum atomic E-state index is 12.8. The number of aromatic nitrogens is 2. The fraction of sp³-hybridized carbons (Fsp3) is 0.238. The van der Waals surface area contributed by atoms with E-state index in [9.17, 15) is 9.59 Å². The monoisotopic (exact) mass is 379 g/mol. The van der Waals surface area contributed by atoms with Crippen LogP contribution in [0.3, 0.4) is 0 Å². The van der Waals surface area contributed by atoms with Gasteiger partial charge in [-0.3, -0.25) is 4.79 Å². The van der Waals surface area contributed by atoms with Crippen molar-refractivity contribution in [1.29, 1.82) is 0 Å². The van der Waals surface area contributed by atoms with Crippen LogP contribution in [0.15, 0.2) is 47.0 Å². The molecule has 1 heterocycles. The fourth-order valence-electron chi connectivity index (χ4n) is 2.68. The highest BCUT2D eigenvalue weighted by Gasteiger charge is 2.19. The molecule has 7 nitrogen and oxygen atoms in total. The zero-order valence-corrected chi connectivity index (χ0v) is 16.1. The fourth-order valence-corrected chi connectivity index (χ4v) is 2.68. The average Bonchev–Trinajstić information content (AvgIpc) is 3.19. The first-order valence-corrected chi connectivity index (χ1v) is 8.84. The highest BCUT2D eigenvalue weighted by atomic mass is 16.5. The zero-order valence-electron chi connectivity index (χ0n) is 16.1. The van der Waals surface area contributed by atoms with E-state index in [1.807, 2.05) is 39.0 Å². The summed E-state index contributed by atoms with van der Waals surface area (Å²) < 4.78 is 10.1. The van der Waals surface area contributed by atoms with Crippen LogP contribution in [0.2, 0.25) is 0 Å². The molecule has 0 atom stereocenters. The van der Waals surface area contributed by atoms with Gasteiger partial charge >= 0.3 is 5.97 Å². The summed E-state index contributed by atoms with van der Waals surface area (Å²) in [6, 6.07) is 11.9. The molecule has 0 bridgehead atoms. The number of anilines is 1. The molecule has 1 N–H and O–H groups in total. The summed E-state index contributed by atoms with van der Waals surface area (Å²) in [6.45, 7) is 5.83. The van der Waals surface area contributed by atoms with Gasteiger partial charge in [0.1, 0.15) is 0 Å². The summed E-state index contributed by atoms with van der Waals surface area (Å²) in [4.78, 5) is 28.9. The number of benzene rings is 2. The van der Waals surface area contributed by atoms with Crippen molar-refractivity contribution in [3.63, 3.8) is 0 Å². The quantitative estimate of drug-likeness (QED) is 0.668. The Balaban J connectivity index is 1.94. The molecule has 3 aromatic rings. The van der Waals surface area contributed by atoms with Crippen molar-refractivity contribution >= 4 is 17.6 Å². The number of methoxy groups -OCH3 is 1. The largest absolute Gasteiger partial charge is 0.465 e. The Morgan fingerprint density at radius 2 is 1.82 bits per heavy atom. The van der Waals surface area contributed by atoms with Gasteiger partial charge in [0.2, 0.25) is 0 Å². The predicted molar refractivity (Wildman–Crippen MR) is 104 cm³/mol. The molecule has 0 spiro atoms. The number of nitrogens with one attached hydrogen (secondary N) is 1. The van der Waals surface area contributed by atoms with Crippen LogP contribution in [0.4, 0.5) is 5.69 Å². The maximum absolute atomic E-state index is 12.8. The maximum Gasteiger partial charge on any atom is 0.337 e. The van der Waals surface area contributed by atoms with E-state index in [1.54, 1.807) is 18.2 Å². The SMILES string of the molecule is COC(=O)c1cccc(C(=O)Nc2c(C)cccc2-c2nc(C(C)C)no2)c1. The summed E-state index contributed by atoms with van der Waals surface area (Å²) in [6.07, 6.45) is 0. The lowest BCUT2D eigenvalue weighted by Crippen LogP contribution is -2.14. The van der Waals surface area contributed by atoms with Gasteiger partial charge in [-0.2, -0.15) is 4.98 Å². The normalized spacial score (nSPS) is 10.8. The van der Waals surface area contributed by atoms with Gasteiger partial charge in [0.05, 0.1) is 23.9 Å². The second-order valence-electron chi connectivity index (χ2n) is 6.64. The van der Waals surface area contributed by atoms with Gasteiger partial charge in [0.15, 0.2) is 5.82 Å². The number of para-hydroxylation sites is 1. The Kier molecular flexibility index (Phi) is 5.54. The van der Waals surface area contributed by atoms with Crippen molar-refractivity contribution in [2.45, 2.75) is 26.7 Å². The lowest BCUT2D eigenvalue weighted by atomic mass is 10.1. The molecule has 144 valence electrons. The van der Waals surface area contributed by atoms with Crippen LogP contribution in [-0.2, 0) is 4.74 Å². The summed E-state index contributed by atoms with van der Waals surface area (Å²) in [5.41, 5.74) is 2.70. The molecule has 1 aromatic heterocycles. The Morgan fingerprint density at radius 3 is 2.50 bits per heavy atom. The summed E-state index contributed by atoms with van der Waals surface area (Å²) >= 11 is 0. The van der Waals surface area contributed by atoms with E-state index in [0.717, 1.165) is 5.56 Å². The summed E-state index contributed by atoms with van der Waals surface area (Å²) in [5.74, 6) is 0.204. The average molecular weight is 379 g/mol. The minimum Gasteiger partial charge on any atom is -0.465 e. The predicted octanol–water partition coefficient (Wildman–Crippen LogP) is 4.21. The number of aryl methyl sites for hydroxylation is 1. The molecule has 0 saturated heterocycles. The van der Waals surface area contributed by atoms with Crippen LogP contribution in [-0.4, -0.2) is 29.1 Å². The molecule has 0 aliphatic rings. The molecule has 3 rings (SSSR count). The second-order valence-corrected chi connectivity index (χ2v) is 6.64. The first-order chi connectivity index (χ1) is 13.4. The van der Waals surface area contributed by atoms with E-state index in [2.05, 4.69) is 15.5 Å². The van der Waals surface area contributed by atoms with Gasteiger partial charge in [0.25, 0.3) is 11.8 Å². The molecular formula is C21H21N3O4. The first-order valence-electron chi connectivity index (χ1n) is 8.84. The molecule has 0 aliphatic carbocycles. The molecule has 0 radical (unpaired) electrons. The molecule has 7 heteroatoms. The minimum atomic E-state index is -0.502. The van der Waals surface area contributed by atoms with E-state index in [0.29, 0.717) is 34.1 Å². The standard InChI is InChI=1S/C21H21N3O4/c1-12(2)18-23-20(28-24-18)16-10-5-7-13(3)17(16)22-19(25)14-8-6-9-15(11-14)21(26)27-4/h5-12H,1-4H3,(H,22,25). The smallest absolute Gasteiger partial charge is 0.337 e. The highest BCUT2D eigenvalue weighted by Crippen LogP contribution is 2.31. The Labute approximate surface area is 162 Å². The third kappa shape index (κ3) is 3.93. The Morgan fingerprint density at radius 1 is 1.11 bits per heavy atom. The molecule has 2 aromatic carbocycles. The lowest BCUT2D eigenvalue weighted by molar-refractivity contribution is 0.0600. The van der Waals surface area contributed by atoms with Crippen molar-refractivity contribution in [3.05, 3.63) is 65.0 Å². The third-order valence-corrected chi connectivity index (χ3v) is 4.25. The second kappa shape index (κ2) is 8.04. The van der Waals surface area contributed by atoms with E-state index in [4.69, 9.17) is 9.26 Å². The topological polar surface area (TPSA) is 94.3 Å². The van der Waals surface area contributed by atoms with Crippen LogP contribution in [0.5, 0.6) is 0 Å². The number of ether oxygens (including phenoxy) is 1. The third-order valence-electron chi connectivity index (χ3n) is 4.25. The molecule has 0 fully saturated rings. The van der Waals surface area contributed by atoms with E-state index < -0.39 is 5.97 Å². The molecule has 1 amide bonds. The number of hydrogen-bond donors (Lipinski definition) is 1. The van der Waals surface area contributed by atoms with Crippen LogP contribution >= 0.6 is 0 Å². The van der Waals surface area contributed by atoms with Gasteiger partial charge in [-0.05, 0) is 36.8 Å². The first kappa shape index (κ1) is 19.3. The van der Waals surface area contributed by atoms with E-state index in [-0.39, 0.29) is 11.8 Å². The molecule has 0 aliphatic heterocycles. The van der Waals surface area contributed by atoms with Gasteiger partial charge in [-0.15, -0.1) is 0 Å². The van der Waals surface area contributed by atoms with Gasteiger partial charge in [0, 0.05) is 11.5 Å². The van der Waals surface area contributed by atoms with Crippen molar-refractivity contribution < 1.29 is 18.8 Å². The summed E-state index contributed by atoms with van der Waals surface area (Å²) in [5, 5.41) is 6.89. The van der Waals surface area contributed by atoms with E-state index >= 15 is 0 Å². The van der Waals surface area contributed by atoms with Crippen LogP contribution in [0, 0.1) is 6.92 Å². The van der Waals surface area contributed by atoms with Crippen LogP contribution < -0.4 is 5.32 Å². The molecule has 28 heavy (non-hydrogen) atoms. The number of amides is 1. The number of nitrogens with zero attached hydrogens (tertiary/aromatic N) is 2. The van der Waals surface area contributed by atoms with Crippen molar-refractivity contribution in [2.24, 2.45) is 0 Å². The minimum absolute atomic E-state index is 0.126. The molecular weight excluding hydrogens is 358 g/mol. The van der Waals surface area contributed by atoms with E-state index in [1.165, 1.54) is 13.2 Å². The van der Waals surface area contributed by atoms with Gasteiger partial charge in [-0.1, -0.05) is 37.2 Å². The van der Waals surface area contributed by atoms with Crippen LogP contribution in [0.1, 0.15) is 51.9 Å². The number of carbonyl (C=O) groups excluding carboxylic acids is 2. The molecule has 0 unspecified atom stereocenters. The van der Waals surface area contributed by atoms with Gasteiger partial charge in [-0.25, -0.2) is 4.79 Å². The number of rotatable bonds is 5. The van der Waals surface area contributed by atoms with Crippen molar-refractivity contribution in [2.75, 3.05) is 12.4 Å². The highest BCUT2D eigenvalue weighted by molar-refractivity contribution is 6.07. The summed E-state index contributed by atoms with van der Waals surface area (Å²) in [7, 11) is 1.30. The van der Waals surface area contributed by atoms with Crippen molar-refractivity contribution in [3.8, 4) is 11.5 Å².